The summed E-state index contributed by atoms with van der Waals surface area (Å²) in [5.41, 5.74) is 2.24. The van der Waals surface area contributed by atoms with Gasteiger partial charge in [-0.3, -0.25) is 9.10 Å². The van der Waals surface area contributed by atoms with E-state index in [2.05, 4.69) is 5.32 Å². The first kappa shape index (κ1) is 22.7. The van der Waals surface area contributed by atoms with E-state index in [-0.39, 0.29) is 24.0 Å². The Morgan fingerprint density at radius 1 is 0.968 bits per heavy atom. The molecule has 0 atom stereocenters. The summed E-state index contributed by atoms with van der Waals surface area (Å²) in [6, 6.07) is 20.3. The predicted octanol–water partition coefficient (Wildman–Crippen LogP) is 4.17. The molecule has 0 unspecified atom stereocenters. The van der Waals surface area contributed by atoms with Gasteiger partial charge >= 0.3 is 0 Å². The van der Waals surface area contributed by atoms with Gasteiger partial charge in [0.05, 0.1) is 17.1 Å². The van der Waals surface area contributed by atoms with Crippen LogP contribution in [0, 0.1) is 6.92 Å². The lowest BCUT2D eigenvalue weighted by Gasteiger charge is -2.25. The summed E-state index contributed by atoms with van der Waals surface area (Å²) < 4.78 is 33.7. The molecule has 0 heterocycles. The van der Waals surface area contributed by atoms with Gasteiger partial charge in [0, 0.05) is 12.1 Å². The zero-order valence-corrected chi connectivity index (χ0v) is 18.8. The molecule has 0 aliphatic carbocycles. The minimum atomic E-state index is -3.83. The molecule has 0 fully saturated rings. The van der Waals surface area contributed by atoms with Crippen LogP contribution < -0.4 is 14.4 Å². The van der Waals surface area contributed by atoms with Crippen LogP contribution in [0.25, 0.3) is 0 Å². The zero-order chi connectivity index (χ0) is 22.4. The van der Waals surface area contributed by atoms with Gasteiger partial charge in [0.15, 0.2) is 6.61 Å². The van der Waals surface area contributed by atoms with Crippen molar-refractivity contribution in [3.63, 3.8) is 0 Å². The third kappa shape index (κ3) is 5.77. The Hall–Kier alpha value is -3.03. The first-order valence-electron chi connectivity index (χ1n) is 9.57. The fraction of sp³-hybridized carbons (Fsp3) is 0.174. The van der Waals surface area contributed by atoms with Gasteiger partial charge in [0.1, 0.15) is 5.75 Å². The Bertz CT molecular complexity index is 1130. The number of hydrogen-bond donors (Lipinski definition) is 1. The van der Waals surface area contributed by atoms with E-state index in [1.807, 2.05) is 6.92 Å². The maximum atomic E-state index is 13.5. The van der Waals surface area contributed by atoms with Gasteiger partial charge in [-0.2, -0.15) is 0 Å². The van der Waals surface area contributed by atoms with Crippen molar-refractivity contribution in [1.29, 1.82) is 0 Å². The van der Waals surface area contributed by atoms with Crippen molar-refractivity contribution >= 4 is 33.2 Å². The highest BCUT2D eigenvalue weighted by atomic mass is 35.5. The Balaban J connectivity index is 1.94. The summed E-state index contributed by atoms with van der Waals surface area (Å²) in [4.78, 5) is 11.6. The molecule has 0 saturated heterocycles. The summed E-state index contributed by atoms with van der Waals surface area (Å²) in [6.07, 6.45) is 0. The second kappa shape index (κ2) is 9.85. The molecular weight excluding hydrogens is 436 g/mol. The summed E-state index contributed by atoms with van der Waals surface area (Å²) in [5.74, 6) is 0.210. The molecule has 0 radical (unpaired) electrons. The SMILES string of the molecule is CNC(=O)COc1ccc(N(Cc2ccc(Cl)cc2)S(=O)(=O)c2ccc(C)cc2)cc1. The van der Waals surface area contributed by atoms with Gasteiger partial charge in [-0.05, 0) is 61.0 Å². The first-order chi connectivity index (χ1) is 14.8. The summed E-state index contributed by atoms with van der Waals surface area (Å²) >= 11 is 5.97. The molecule has 1 N–H and O–H groups in total. The number of aryl methyl sites for hydroxylation is 1. The quantitative estimate of drug-likeness (QED) is 0.549. The van der Waals surface area contributed by atoms with Gasteiger partial charge in [0.2, 0.25) is 0 Å². The van der Waals surface area contributed by atoms with Crippen LogP contribution in [0.4, 0.5) is 5.69 Å². The molecule has 3 rings (SSSR count). The molecule has 0 saturated carbocycles. The van der Waals surface area contributed by atoms with E-state index in [1.165, 1.54) is 11.4 Å². The number of halogens is 1. The normalized spacial score (nSPS) is 11.1. The van der Waals surface area contributed by atoms with Crippen molar-refractivity contribution in [1.82, 2.24) is 5.32 Å². The highest BCUT2D eigenvalue weighted by molar-refractivity contribution is 7.92. The number of likely N-dealkylation sites (N-methyl/N-ethyl adjacent to an activating group) is 1. The highest BCUT2D eigenvalue weighted by Gasteiger charge is 2.25. The Kier molecular flexibility index (Phi) is 7.20. The number of nitrogens with one attached hydrogen (secondary N) is 1. The number of benzene rings is 3. The maximum absolute atomic E-state index is 13.5. The molecule has 0 aliphatic heterocycles. The van der Waals surface area contributed by atoms with Crippen molar-refractivity contribution in [3.8, 4) is 5.75 Å². The second-order valence-corrected chi connectivity index (χ2v) is 9.21. The fourth-order valence-electron chi connectivity index (χ4n) is 2.84. The molecule has 162 valence electrons. The van der Waals surface area contributed by atoms with Crippen LogP contribution in [-0.4, -0.2) is 28.0 Å². The lowest BCUT2D eigenvalue weighted by molar-refractivity contribution is -0.122. The van der Waals surface area contributed by atoms with Crippen molar-refractivity contribution < 1.29 is 17.9 Å². The summed E-state index contributed by atoms with van der Waals surface area (Å²) in [5, 5.41) is 3.06. The lowest BCUT2D eigenvalue weighted by atomic mass is 10.2. The average molecular weight is 459 g/mol. The van der Waals surface area contributed by atoms with E-state index in [9.17, 15) is 13.2 Å². The van der Waals surface area contributed by atoms with Crippen molar-refractivity contribution in [2.75, 3.05) is 18.0 Å². The Morgan fingerprint density at radius 3 is 2.16 bits per heavy atom. The molecule has 31 heavy (non-hydrogen) atoms. The van der Waals surface area contributed by atoms with E-state index in [0.717, 1.165) is 11.1 Å². The number of carbonyl (C=O) groups is 1. The lowest BCUT2D eigenvalue weighted by Crippen LogP contribution is -2.30. The number of ether oxygens (including phenoxy) is 1. The van der Waals surface area contributed by atoms with Gasteiger partial charge < -0.3 is 10.1 Å². The second-order valence-electron chi connectivity index (χ2n) is 6.91. The van der Waals surface area contributed by atoms with E-state index in [4.69, 9.17) is 16.3 Å². The molecule has 0 bridgehead atoms. The largest absolute Gasteiger partial charge is 0.484 e. The number of amides is 1. The zero-order valence-electron chi connectivity index (χ0n) is 17.2. The Morgan fingerprint density at radius 2 is 1.58 bits per heavy atom. The molecule has 0 aliphatic rings. The minimum absolute atomic E-state index is 0.119. The number of rotatable bonds is 8. The van der Waals surface area contributed by atoms with Crippen LogP contribution in [0.3, 0.4) is 0 Å². The number of hydrogen-bond acceptors (Lipinski definition) is 4. The molecule has 3 aromatic carbocycles. The summed E-state index contributed by atoms with van der Waals surface area (Å²) in [6.45, 7) is 1.91. The molecule has 6 nitrogen and oxygen atoms in total. The van der Waals surface area contributed by atoms with Crippen LogP contribution in [0.15, 0.2) is 77.7 Å². The molecule has 1 amide bonds. The van der Waals surface area contributed by atoms with Crippen LogP contribution in [-0.2, 0) is 21.4 Å². The van der Waals surface area contributed by atoms with Crippen molar-refractivity contribution in [2.45, 2.75) is 18.4 Å². The number of sulfonamides is 1. The minimum Gasteiger partial charge on any atom is -0.484 e. The molecule has 8 heteroatoms. The average Bonchev–Trinajstić information content (AvgIpc) is 2.77. The fourth-order valence-corrected chi connectivity index (χ4v) is 4.42. The van der Waals surface area contributed by atoms with Crippen molar-refractivity contribution in [3.05, 3.63) is 88.9 Å². The standard InChI is InChI=1S/C23H23ClN2O4S/c1-17-3-13-22(14-4-17)31(28,29)26(15-18-5-7-19(24)8-6-18)20-9-11-21(12-10-20)30-16-23(27)25-2/h3-14H,15-16H2,1-2H3,(H,25,27). The third-order valence-electron chi connectivity index (χ3n) is 4.62. The maximum Gasteiger partial charge on any atom is 0.264 e. The predicted molar refractivity (Wildman–Crippen MR) is 122 cm³/mol. The van der Waals surface area contributed by atoms with Crippen LogP contribution >= 0.6 is 11.6 Å². The molecule has 3 aromatic rings. The van der Waals surface area contributed by atoms with E-state index >= 15 is 0 Å². The van der Waals surface area contributed by atoms with Crippen LogP contribution in [0.2, 0.25) is 5.02 Å². The van der Waals surface area contributed by atoms with Gasteiger partial charge in [-0.15, -0.1) is 0 Å². The third-order valence-corrected chi connectivity index (χ3v) is 6.66. The van der Waals surface area contributed by atoms with E-state index < -0.39 is 10.0 Å². The Labute approximate surface area is 187 Å². The molecule has 0 aromatic heterocycles. The monoisotopic (exact) mass is 458 g/mol. The molecule has 0 spiro atoms. The topological polar surface area (TPSA) is 75.7 Å². The number of carbonyl (C=O) groups excluding carboxylic acids is 1. The number of anilines is 1. The van der Waals surface area contributed by atoms with E-state index in [0.29, 0.717) is 16.5 Å². The highest BCUT2D eigenvalue weighted by Crippen LogP contribution is 2.28. The number of nitrogens with zero attached hydrogens (tertiary/aromatic N) is 1. The summed E-state index contributed by atoms with van der Waals surface area (Å²) in [7, 11) is -2.30. The van der Waals surface area contributed by atoms with Gasteiger partial charge in [-0.25, -0.2) is 8.42 Å². The van der Waals surface area contributed by atoms with Crippen LogP contribution in [0.1, 0.15) is 11.1 Å². The van der Waals surface area contributed by atoms with Crippen molar-refractivity contribution in [2.24, 2.45) is 0 Å². The first-order valence-corrected chi connectivity index (χ1v) is 11.4. The van der Waals surface area contributed by atoms with Gasteiger partial charge in [-0.1, -0.05) is 41.4 Å². The smallest absolute Gasteiger partial charge is 0.264 e. The molecular formula is C23H23ClN2O4S. The van der Waals surface area contributed by atoms with E-state index in [1.54, 1.807) is 72.8 Å². The van der Waals surface area contributed by atoms with Gasteiger partial charge in [0.25, 0.3) is 15.9 Å². The van der Waals surface area contributed by atoms with Crippen LogP contribution in [0.5, 0.6) is 5.75 Å².